The van der Waals surface area contributed by atoms with Crippen molar-refractivity contribution < 1.29 is 14.3 Å². The van der Waals surface area contributed by atoms with Gasteiger partial charge < -0.3 is 10.1 Å². The number of benzene rings is 2. The van der Waals surface area contributed by atoms with Crippen LogP contribution >= 0.6 is 27.7 Å². The third kappa shape index (κ3) is 4.82. The number of imidazole rings is 1. The molecule has 0 aliphatic rings. The molecule has 0 fully saturated rings. The molecule has 0 spiro atoms. The van der Waals surface area contributed by atoms with Crippen molar-refractivity contribution in [2.45, 2.75) is 12.1 Å². The Morgan fingerprint density at radius 2 is 1.96 bits per heavy atom. The lowest BCUT2D eigenvalue weighted by atomic mass is 10.1. The lowest BCUT2D eigenvalue weighted by Crippen LogP contribution is -2.16. The van der Waals surface area contributed by atoms with Gasteiger partial charge in [0.25, 0.3) is 0 Å². The van der Waals surface area contributed by atoms with E-state index in [1.165, 1.54) is 18.9 Å². The van der Waals surface area contributed by atoms with Gasteiger partial charge >= 0.3 is 5.97 Å². The summed E-state index contributed by atoms with van der Waals surface area (Å²) in [5.41, 5.74) is 2.80. The van der Waals surface area contributed by atoms with Gasteiger partial charge in [-0.1, -0.05) is 33.8 Å². The first-order valence-corrected chi connectivity index (χ1v) is 10.2. The van der Waals surface area contributed by atoms with Crippen LogP contribution in [0, 0.1) is 6.92 Å². The molecule has 28 heavy (non-hydrogen) atoms. The van der Waals surface area contributed by atoms with E-state index in [4.69, 9.17) is 4.74 Å². The van der Waals surface area contributed by atoms with Gasteiger partial charge in [-0.05, 0) is 48.9 Å². The molecule has 1 heterocycles. The number of amides is 1. The van der Waals surface area contributed by atoms with Crippen LogP contribution in [-0.2, 0) is 9.53 Å². The molecule has 1 aromatic heterocycles. The van der Waals surface area contributed by atoms with Crippen molar-refractivity contribution in [1.82, 2.24) is 9.55 Å². The largest absolute Gasteiger partial charge is 0.465 e. The van der Waals surface area contributed by atoms with E-state index in [-0.39, 0.29) is 11.7 Å². The van der Waals surface area contributed by atoms with Crippen LogP contribution in [0.25, 0.3) is 5.69 Å². The van der Waals surface area contributed by atoms with Gasteiger partial charge in [-0.15, -0.1) is 0 Å². The van der Waals surface area contributed by atoms with Gasteiger partial charge in [0.1, 0.15) is 0 Å². The van der Waals surface area contributed by atoms with Gasteiger partial charge in [0.15, 0.2) is 5.16 Å². The highest BCUT2D eigenvalue weighted by atomic mass is 79.9. The Labute approximate surface area is 175 Å². The molecule has 3 aromatic rings. The first-order chi connectivity index (χ1) is 13.5. The summed E-state index contributed by atoms with van der Waals surface area (Å²) in [6.07, 6.45) is 3.56. The second kappa shape index (κ2) is 9.07. The second-order valence-corrected chi connectivity index (χ2v) is 7.77. The first kappa shape index (κ1) is 20.2. The smallest absolute Gasteiger partial charge is 0.337 e. The van der Waals surface area contributed by atoms with Crippen LogP contribution in [0.15, 0.2) is 64.5 Å². The van der Waals surface area contributed by atoms with Crippen LogP contribution in [0.2, 0.25) is 0 Å². The van der Waals surface area contributed by atoms with E-state index >= 15 is 0 Å². The van der Waals surface area contributed by atoms with Gasteiger partial charge in [-0.25, -0.2) is 9.78 Å². The van der Waals surface area contributed by atoms with Crippen LogP contribution in [0.4, 0.5) is 5.69 Å². The van der Waals surface area contributed by atoms with Crippen molar-refractivity contribution in [3.8, 4) is 5.69 Å². The zero-order valence-electron chi connectivity index (χ0n) is 15.3. The van der Waals surface area contributed by atoms with Gasteiger partial charge in [0.05, 0.1) is 18.4 Å². The predicted octanol–water partition coefficient (Wildman–Crippen LogP) is 4.46. The molecule has 0 radical (unpaired) electrons. The van der Waals surface area contributed by atoms with E-state index in [0.29, 0.717) is 11.3 Å². The van der Waals surface area contributed by atoms with E-state index in [2.05, 4.69) is 26.2 Å². The lowest BCUT2D eigenvalue weighted by Gasteiger charge is -2.11. The van der Waals surface area contributed by atoms with Gasteiger partial charge in [0, 0.05) is 28.2 Å². The van der Waals surface area contributed by atoms with Crippen LogP contribution in [0.1, 0.15) is 15.9 Å². The Kier molecular flexibility index (Phi) is 6.53. The minimum absolute atomic E-state index is 0.180. The monoisotopic (exact) mass is 459 g/mol. The summed E-state index contributed by atoms with van der Waals surface area (Å²) in [6.45, 7) is 1.87. The number of esters is 1. The SMILES string of the molecule is COC(=O)c1ccc(C)c(NC(=O)CSc2nccn2-c2ccc(Br)cc2)c1. The summed E-state index contributed by atoms with van der Waals surface area (Å²) in [4.78, 5) is 28.4. The third-order valence-electron chi connectivity index (χ3n) is 3.98. The molecule has 6 nitrogen and oxygen atoms in total. The summed E-state index contributed by atoms with van der Waals surface area (Å²) in [5, 5.41) is 3.57. The molecule has 0 saturated heterocycles. The number of rotatable bonds is 6. The molecular formula is C20H18BrN3O3S. The average molecular weight is 460 g/mol. The average Bonchev–Trinajstić information content (AvgIpc) is 3.16. The maximum atomic E-state index is 12.4. The number of thioether (sulfide) groups is 1. The summed E-state index contributed by atoms with van der Waals surface area (Å²) in [7, 11) is 1.32. The fourth-order valence-corrected chi connectivity index (χ4v) is 3.55. The molecule has 1 amide bonds. The number of aromatic nitrogens is 2. The Morgan fingerprint density at radius 1 is 1.21 bits per heavy atom. The number of methoxy groups -OCH3 is 1. The molecule has 0 unspecified atom stereocenters. The number of hydrogen-bond acceptors (Lipinski definition) is 5. The van der Waals surface area contributed by atoms with Crippen LogP contribution in [-0.4, -0.2) is 34.3 Å². The number of carbonyl (C=O) groups excluding carboxylic acids is 2. The topological polar surface area (TPSA) is 73.2 Å². The van der Waals surface area contributed by atoms with Crippen molar-refractivity contribution in [3.63, 3.8) is 0 Å². The Balaban J connectivity index is 1.67. The molecule has 0 saturated carbocycles. The van der Waals surface area contributed by atoms with E-state index in [1.54, 1.807) is 24.4 Å². The highest BCUT2D eigenvalue weighted by Crippen LogP contribution is 2.23. The van der Waals surface area contributed by atoms with Crippen molar-refractivity contribution in [2.24, 2.45) is 0 Å². The molecule has 8 heteroatoms. The molecule has 0 aliphatic heterocycles. The van der Waals surface area contributed by atoms with E-state index < -0.39 is 5.97 Å². The number of aryl methyl sites for hydroxylation is 1. The van der Waals surface area contributed by atoms with Crippen molar-refractivity contribution >= 4 is 45.3 Å². The minimum Gasteiger partial charge on any atom is -0.465 e. The molecule has 2 aromatic carbocycles. The molecule has 0 atom stereocenters. The molecule has 0 bridgehead atoms. The van der Waals surface area contributed by atoms with Crippen LogP contribution < -0.4 is 5.32 Å². The van der Waals surface area contributed by atoms with E-state index in [0.717, 1.165) is 20.9 Å². The fourth-order valence-electron chi connectivity index (χ4n) is 2.51. The summed E-state index contributed by atoms with van der Waals surface area (Å²) in [6, 6.07) is 12.9. The lowest BCUT2D eigenvalue weighted by molar-refractivity contribution is -0.113. The first-order valence-electron chi connectivity index (χ1n) is 8.39. The summed E-state index contributed by atoms with van der Waals surface area (Å²) < 4.78 is 7.64. The zero-order valence-corrected chi connectivity index (χ0v) is 17.7. The van der Waals surface area contributed by atoms with Crippen LogP contribution in [0.5, 0.6) is 0 Å². The Bertz CT molecular complexity index is 1000. The van der Waals surface area contributed by atoms with Gasteiger partial charge in [0.2, 0.25) is 5.91 Å². The standard InChI is InChI=1S/C20H18BrN3O3S/c1-13-3-4-14(19(26)27-2)11-17(13)23-18(25)12-28-20-22-9-10-24(20)16-7-5-15(21)6-8-16/h3-11H,12H2,1-2H3,(H,23,25). The maximum Gasteiger partial charge on any atom is 0.337 e. The maximum absolute atomic E-state index is 12.4. The zero-order chi connectivity index (χ0) is 20.1. The summed E-state index contributed by atoms with van der Waals surface area (Å²) in [5.74, 6) is -0.433. The molecule has 144 valence electrons. The Morgan fingerprint density at radius 3 is 2.68 bits per heavy atom. The fraction of sp³-hybridized carbons (Fsp3) is 0.150. The van der Waals surface area contributed by atoms with E-state index in [9.17, 15) is 9.59 Å². The number of anilines is 1. The van der Waals surface area contributed by atoms with E-state index in [1.807, 2.05) is 42.0 Å². The summed E-state index contributed by atoms with van der Waals surface area (Å²) >= 11 is 4.76. The molecule has 0 aliphatic carbocycles. The Hall–Kier alpha value is -2.58. The number of nitrogens with one attached hydrogen (secondary N) is 1. The number of carbonyl (C=O) groups is 2. The van der Waals surface area contributed by atoms with Crippen molar-refractivity contribution in [3.05, 3.63) is 70.5 Å². The highest BCUT2D eigenvalue weighted by Gasteiger charge is 2.12. The normalized spacial score (nSPS) is 10.5. The number of ether oxygens (including phenoxy) is 1. The quantitative estimate of drug-likeness (QED) is 0.435. The predicted molar refractivity (Wildman–Crippen MR) is 113 cm³/mol. The number of halogens is 1. The third-order valence-corrected chi connectivity index (χ3v) is 5.47. The highest BCUT2D eigenvalue weighted by molar-refractivity contribution is 9.10. The number of hydrogen-bond donors (Lipinski definition) is 1. The van der Waals surface area contributed by atoms with Crippen LogP contribution in [0.3, 0.4) is 0 Å². The second-order valence-electron chi connectivity index (χ2n) is 5.91. The molecule has 1 N–H and O–H groups in total. The van der Waals surface area contributed by atoms with Gasteiger partial charge in [-0.3, -0.25) is 9.36 Å². The van der Waals surface area contributed by atoms with Gasteiger partial charge in [-0.2, -0.15) is 0 Å². The molecular weight excluding hydrogens is 442 g/mol. The number of nitrogens with zero attached hydrogens (tertiary/aromatic N) is 2. The molecule has 3 rings (SSSR count). The minimum atomic E-state index is -0.443. The van der Waals surface area contributed by atoms with Crippen molar-refractivity contribution in [1.29, 1.82) is 0 Å². The van der Waals surface area contributed by atoms with Crippen molar-refractivity contribution in [2.75, 3.05) is 18.2 Å².